The molecule has 2 aromatic rings. The van der Waals surface area contributed by atoms with Gasteiger partial charge in [0.2, 0.25) is 10.0 Å². The third-order valence-corrected chi connectivity index (χ3v) is 5.19. The van der Waals surface area contributed by atoms with E-state index >= 15 is 0 Å². The molecule has 24 heavy (non-hydrogen) atoms. The van der Waals surface area contributed by atoms with E-state index in [9.17, 15) is 13.2 Å². The fourth-order valence-corrected chi connectivity index (χ4v) is 3.37. The molecule has 0 radical (unpaired) electrons. The fourth-order valence-electron chi connectivity index (χ4n) is 2.42. The molecular formula is C15H17N3O5S. The number of nitrogens with one attached hydrogen (secondary N) is 1. The number of carbonyl (C=O) groups is 1. The molecule has 1 aromatic heterocycles. The number of ether oxygens (including phenoxy) is 1. The Morgan fingerprint density at radius 1 is 1.38 bits per heavy atom. The summed E-state index contributed by atoms with van der Waals surface area (Å²) < 4.78 is 34.0. The molecule has 128 valence electrons. The fraction of sp³-hybridized carbons (Fsp3) is 0.333. The molecule has 8 nitrogen and oxygen atoms in total. The Hall–Kier alpha value is -2.23. The van der Waals surface area contributed by atoms with Gasteiger partial charge >= 0.3 is 5.97 Å². The molecule has 0 spiro atoms. The molecule has 0 bridgehead atoms. The lowest BCUT2D eigenvalue weighted by molar-refractivity contribution is 0.0697. The second kappa shape index (κ2) is 6.71. The molecule has 0 aliphatic carbocycles. The van der Waals surface area contributed by atoms with E-state index in [0.717, 1.165) is 6.42 Å². The van der Waals surface area contributed by atoms with Gasteiger partial charge in [0.05, 0.1) is 24.4 Å². The Balaban J connectivity index is 1.66. The number of benzene rings is 1. The first-order valence-corrected chi connectivity index (χ1v) is 8.88. The van der Waals surface area contributed by atoms with Crippen molar-refractivity contribution in [3.63, 3.8) is 0 Å². The highest BCUT2D eigenvalue weighted by molar-refractivity contribution is 7.89. The largest absolute Gasteiger partial charge is 0.478 e. The van der Waals surface area contributed by atoms with Gasteiger partial charge in [0.1, 0.15) is 4.90 Å². The van der Waals surface area contributed by atoms with Crippen molar-refractivity contribution in [1.82, 2.24) is 14.5 Å². The summed E-state index contributed by atoms with van der Waals surface area (Å²) in [6.07, 6.45) is 3.62. The number of aromatic nitrogens is 2. The van der Waals surface area contributed by atoms with Crippen LogP contribution in [0, 0.1) is 0 Å². The van der Waals surface area contributed by atoms with Crippen molar-refractivity contribution in [3.05, 3.63) is 47.8 Å². The molecule has 2 heterocycles. The molecular weight excluding hydrogens is 334 g/mol. The van der Waals surface area contributed by atoms with E-state index in [0.29, 0.717) is 18.8 Å². The van der Waals surface area contributed by atoms with Crippen molar-refractivity contribution >= 4 is 16.0 Å². The normalized spacial score (nSPS) is 17.9. The average molecular weight is 351 g/mol. The van der Waals surface area contributed by atoms with Crippen LogP contribution in [0.3, 0.4) is 0 Å². The number of rotatable bonds is 6. The average Bonchev–Trinajstić information content (AvgIpc) is 3.24. The number of carboxylic acid groups (broad SMARTS) is 1. The van der Waals surface area contributed by atoms with Crippen LogP contribution >= 0.6 is 0 Å². The van der Waals surface area contributed by atoms with Crippen LogP contribution in [0.15, 0.2) is 41.6 Å². The summed E-state index contributed by atoms with van der Waals surface area (Å²) in [7, 11) is -3.68. The van der Waals surface area contributed by atoms with Crippen LogP contribution in [0.5, 0.6) is 0 Å². The van der Waals surface area contributed by atoms with Crippen LogP contribution in [-0.4, -0.2) is 42.5 Å². The van der Waals surface area contributed by atoms with E-state index in [1.165, 1.54) is 24.5 Å². The Morgan fingerprint density at radius 3 is 2.75 bits per heavy atom. The lowest BCUT2D eigenvalue weighted by Crippen LogP contribution is -2.23. The van der Waals surface area contributed by atoms with Gasteiger partial charge < -0.3 is 9.84 Å². The second-order valence-corrected chi connectivity index (χ2v) is 7.27. The van der Waals surface area contributed by atoms with Gasteiger partial charge in [-0.1, -0.05) is 12.1 Å². The molecule has 9 heteroatoms. The van der Waals surface area contributed by atoms with Gasteiger partial charge in [0.25, 0.3) is 0 Å². The molecule has 1 unspecified atom stereocenters. The van der Waals surface area contributed by atoms with Crippen LogP contribution < -0.4 is 4.72 Å². The maximum absolute atomic E-state index is 12.3. The van der Waals surface area contributed by atoms with Crippen LogP contribution in [0.4, 0.5) is 0 Å². The van der Waals surface area contributed by atoms with Crippen LogP contribution in [0.25, 0.3) is 0 Å². The molecule has 2 N–H and O–H groups in total. The Labute approximate surface area is 139 Å². The number of nitrogens with zero attached hydrogens (tertiary/aromatic N) is 2. The predicted molar refractivity (Wildman–Crippen MR) is 84.1 cm³/mol. The van der Waals surface area contributed by atoms with Crippen LogP contribution in [0.1, 0.15) is 28.4 Å². The van der Waals surface area contributed by atoms with E-state index in [1.807, 2.05) is 0 Å². The van der Waals surface area contributed by atoms with Crippen LogP contribution in [0.2, 0.25) is 0 Å². The molecule has 1 saturated heterocycles. The van der Waals surface area contributed by atoms with Gasteiger partial charge in [-0.2, -0.15) is 5.10 Å². The first kappa shape index (κ1) is 16.6. The Morgan fingerprint density at radius 2 is 2.12 bits per heavy atom. The highest BCUT2D eigenvalue weighted by Gasteiger charge is 2.22. The van der Waals surface area contributed by atoms with E-state index in [-0.39, 0.29) is 23.0 Å². The zero-order valence-corrected chi connectivity index (χ0v) is 13.6. The topological polar surface area (TPSA) is 111 Å². The molecule has 3 rings (SSSR count). The van der Waals surface area contributed by atoms with Gasteiger partial charge in [-0.25, -0.2) is 17.9 Å². The maximum atomic E-state index is 12.3. The summed E-state index contributed by atoms with van der Waals surface area (Å²) in [5.74, 6) is -1.02. The van der Waals surface area contributed by atoms with Crippen molar-refractivity contribution in [3.8, 4) is 0 Å². The lowest BCUT2D eigenvalue weighted by Gasteiger charge is -2.07. The molecule has 1 atom stereocenters. The minimum absolute atomic E-state index is 0.0671. The lowest BCUT2D eigenvalue weighted by atomic mass is 10.1. The summed E-state index contributed by atoms with van der Waals surface area (Å²) in [6, 6.07) is 6.09. The van der Waals surface area contributed by atoms with Gasteiger partial charge in [-0.3, -0.25) is 4.68 Å². The highest BCUT2D eigenvalue weighted by atomic mass is 32.2. The van der Waals surface area contributed by atoms with Crippen LogP contribution in [-0.2, 0) is 21.3 Å². The van der Waals surface area contributed by atoms with Crippen molar-refractivity contribution in [2.45, 2.75) is 23.9 Å². The number of hydrogen-bond acceptors (Lipinski definition) is 5. The second-order valence-electron chi connectivity index (χ2n) is 5.50. The maximum Gasteiger partial charge on any atom is 0.335 e. The minimum atomic E-state index is -3.68. The Kier molecular flexibility index (Phi) is 4.65. The molecule has 0 amide bonds. The zero-order chi connectivity index (χ0) is 17.2. The molecule has 1 aliphatic heterocycles. The molecule has 0 saturated carbocycles. The molecule has 1 aliphatic rings. The minimum Gasteiger partial charge on any atom is -0.478 e. The third-order valence-electron chi connectivity index (χ3n) is 3.84. The predicted octanol–water partition coefficient (Wildman–Crippen LogP) is 1.02. The van der Waals surface area contributed by atoms with Gasteiger partial charge in [-0.05, 0) is 24.1 Å². The number of aromatic carboxylic acids is 1. The molecule has 1 fully saturated rings. The van der Waals surface area contributed by atoms with Crippen molar-refractivity contribution < 1.29 is 23.1 Å². The van der Waals surface area contributed by atoms with E-state index < -0.39 is 16.0 Å². The Bertz CT molecular complexity index is 823. The smallest absolute Gasteiger partial charge is 0.335 e. The zero-order valence-electron chi connectivity index (χ0n) is 12.8. The van der Waals surface area contributed by atoms with Crippen molar-refractivity contribution in [2.75, 3.05) is 13.2 Å². The SMILES string of the molecule is O=C(O)c1ccc(CNS(=O)(=O)c2cnn(C3CCOC3)c2)cc1. The number of hydrogen-bond donors (Lipinski definition) is 2. The monoisotopic (exact) mass is 351 g/mol. The molecule has 1 aromatic carbocycles. The van der Waals surface area contributed by atoms with Gasteiger partial charge in [0, 0.05) is 19.3 Å². The van der Waals surface area contributed by atoms with E-state index in [4.69, 9.17) is 9.84 Å². The summed E-state index contributed by atoms with van der Waals surface area (Å²) in [6.45, 7) is 1.25. The van der Waals surface area contributed by atoms with Gasteiger partial charge in [0.15, 0.2) is 0 Å². The highest BCUT2D eigenvalue weighted by Crippen LogP contribution is 2.19. The first-order valence-electron chi connectivity index (χ1n) is 7.39. The van der Waals surface area contributed by atoms with Crippen molar-refractivity contribution in [2.24, 2.45) is 0 Å². The van der Waals surface area contributed by atoms with E-state index in [1.54, 1.807) is 16.8 Å². The van der Waals surface area contributed by atoms with Crippen molar-refractivity contribution in [1.29, 1.82) is 0 Å². The van der Waals surface area contributed by atoms with E-state index in [2.05, 4.69) is 9.82 Å². The first-order chi connectivity index (χ1) is 11.5. The summed E-state index contributed by atoms with van der Waals surface area (Å²) in [5, 5.41) is 12.9. The summed E-state index contributed by atoms with van der Waals surface area (Å²) >= 11 is 0. The number of sulfonamides is 1. The quantitative estimate of drug-likeness (QED) is 0.804. The van der Waals surface area contributed by atoms with Gasteiger partial charge in [-0.15, -0.1) is 0 Å². The standard InChI is InChI=1S/C15H17N3O5S/c19-15(20)12-3-1-11(2-4-12)7-17-24(21,22)14-8-16-18(9-14)13-5-6-23-10-13/h1-4,8-9,13,17H,5-7,10H2,(H,19,20). The summed E-state index contributed by atoms with van der Waals surface area (Å²) in [4.78, 5) is 10.9. The third kappa shape index (κ3) is 3.64. The number of carboxylic acids is 1. The summed E-state index contributed by atoms with van der Waals surface area (Å²) in [5.41, 5.74) is 0.821.